The highest BCUT2D eigenvalue weighted by atomic mass is 16.6. The van der Waals surface area contributed by atoms with Crippen LogP contribution in [-0.4, -0.2) is 79.8 Å². The van der Waals surface area contributed by atoms with Crippen molar-refractivity contribution in [3.05, 3.63) is 35.4 Å². The summed E-state index contributed by atoms with van der Waals surface area (Å²) in [5, 5.41) is 12.1. The molecule has 0 spiro atoms. The summed E-state index contributed by atoms with van der Waals surface area (Å²) in [6.45, 7) is 9.55. The van der Waals surface area contributed by atoms with Crippen molar-refractivity contribution in [1.82, 2.24) is 26.2 Å². The maximum absolute atomic E-state index is 13.2. The molecule has 0 saturated carbocycles. The predicted octanol–water partition coefficient (Wildman–Crippen LogP) is 1.36. The Kier molecular flexibility index (Phi) is 9.92. The minimum Gasteiger partial charge on any atom is -0.444 e. The van der Waals surface area contributed by atoms with Crippen molar-refractivity contribution in [3.63, 3.8) is 0 Å². The lowest BCUT2D eigenvalue weighted by Crippen LogP contribution is -2.52. The molecule has 1 heterocycles. The van der Waals surface area contributed by atoms with E-state index < -0.39 is 17.7 Å². The zero-order valence-electron chi connectivity index (χ0n) is 21.3. The molecule has 0 bridgehead atoms. The number of fused-ring (bicyclic) bond motifs is 1. The van der Waals surface area contributed by atoms with Crippen molar-refractivity contribution in [2.24, 2.45) is 0 Å². The average Bonchev–Trinajstić information content (AvgIpc) is 3.01. The Hall–Kier alpha value is -2.65. The molecule has 4 N–H and O–H groups in total. The molecule has 2 aliphatic rings. The molecule has 1 aromatic carbocycles. The van der Waals surface area contributed by atoms with Crippen molar-refractivity contribution in [2.75, 3.05) is 39.3 Å². The third-order valence-electron chi connectivity index (χ3n) is 6.19. The topological polar surface area (TPSA) is 112 Å². The summed E-state index contributed by atoms with van der Waals surface area (Å²) in [4.78, 5) is 40.0. The number of amides is 3. The van der Waals surface area contributed by atoms with Crippen molar-refractivity contribution < 1.29 is 19.1 Å². The van der Waals surface area contributed by atoms with Crippen LogP contribution in [0, 0.1) is 0 Å². The SMILES string of the molecule is CC(C)(C)OC(=O)NCCC[C@@H](NC(=O)CN1CCCNCC1)C(=O)NC1Cc2ccccc2C1. The highest BCUT2D eigenvalue weighted by Crippen LogP contribution is 2.21. The van der Waals surface area contributed by atoms with Gasteiger partial charge in [0.2, 0.25) is 11.8 Å². The molecule has 1 fully saturated rings. The summed E-state index contributed by atoms with van der Waals surface area (Å²) < 4.78 is 5.26. The summed E-state index contributed by atoms with van der Waals surface area (Å²) in [5.74, 6) is -0.326. The molecule has 1 saturated heterocycles. The van der Waals surface area contributed by atoms with Gasteiger partial charge in [-0.05, 0) is 77.1 Å². The van der Waals surface area contributed by atoms with Crippen molar-refractivity contribution in [2.45, 2.75) is 70.6 Å². The average molecular weight is 488 g/mol. The minimum absolute atomic E-state index is 0.0240. The van der Waals surface area contributed by atoms with Crippen molar-refractivity contribution in [3.8, 4) is 0 Å². The Labute approximate surface area is 208 Å². The molecule has 3 amide bonds. The Morgan fingerprint density at radius 1 is 1.11 bits per heavy atom. The van der Waals surface area contributed by atoms with Crippen LogP contribution in [0.15, 0.2) is 24.3 Å². The highest BCUT2D eigenvalue weighted by Gasteiger charge is 2.27. The number of carbonyl (C=O) groups is 3. The lowest BCUT2D eigenvalue weighted by Gasteiger charge is -2.24. The van der Waals surface area contributed by atoms with Crippen molar-refractivity contribution >= 4 is 17.9 Å². The first-order valence-corrected chi connectivity index (χ1v) is 12.8. The molecule has 1 aliphatic heterocycles. The lowest BCUT2D eigenvalue weighted by atomic mass is 10.1. The van der Waals surface area contributed by atoms with Crippen molar-refractivity contribution in [1.29, 1.82) is 0 Å². The molecular formula is C26H41N5O4. The van der Waals surface area contributed by atoms with Crippen LogP contribution < -0.4 is 21.3 Å². The van der Waals surface area contributed by atoms with Crippen LogP contribution in [0.2, 0.25) is 0 Å². The van der Waals surface area contributed by atoms with Crippen LogP contribution in [-0.2, 0) is 27.2 Å². The van der Waals surface area contributed by atoms with E-state index in [1.807, 2.05) is 32.9 Å². The van der Waals surface area contributed by atoms with E-state index in [0.717, 1.165) is 45.4 Å². The van der Waals surface area contributed by atoms with Gasteiger partial charge in [0.15, 0.2) is 0 Å². The monoisotopic (exact) mass is 487 g/mol. The Morgan fingerprint density at radius 3 is 2.51 bits per heavy atom. The number of rotatable bonds is 9. The van der Waals surface area contributed by atoms with E-state index in [0.29, 0.717) is 19.4 Å². The Balaban J connectivity index is 1.52. The normalized spacial score (nSPS) is 17.7. The number of carbonyl (C=O) groups excluding carboxylic acids is 3. The van der Waals surface area contributed by atoms with Crippen LogP contribution in [0.3, 0.4) is 0 Å². The zero-order chi connectivity index (χ0) is 25.3. The number of alkyl carbamates (subject to hydrolysis) is 1. The van der Waals surface area contributed by atoms with E-state index in [2.05, 4.69) is 38.3 Å². The molecule has 9 heteroatoms. The largest absolute Gasteiger partial charge is 0.444 e. The van der Waals surface area contributed by atoms with Crippen LogP contribution in [0.4, 0.5) is 4.79 Å². The van der Waals surface area contributed by atoms with Gasteiger partial charge in [0.25, 0.3) is 0 Å². The van der Waals surface area contributed by atoms with E-state index in [-0.39, 0.29) is 24.4 Å². The van der Waals surface area contributed by atoms with Crippen LogP contribution in [0.5, 0.6) is 0 Å². The first-order valence-electron chi connectivity index (χ1n) is 12.8. The molecule has 0 aromatic heterocycles. The van der Waals surface area contributed by atoms with Gasteiger partial charge in [0.1, 0.15) is 11.6 Å². The second-order valence-corrected chi connectivity index (χ2v) is 10.5. The summed E-state index contributed by atoms with van der Waals surface area (Å²) in [6.07, 6.45) is 3.06. The van der Waals surface area contributed by atoms with Crippen LogP contribution in [0.25, 0.3) is 0 Å². The zero-order valence-corrected chi connectivity index (χ0v) is 21.3. The fraction of sp³-hybridized carbons (Fsp3) is 0.654. The second-order valence-electron chi connectivity index (χ2n) is 10.5. The molecule has 0 radical (unpaired) electrons. The van der Waals surface area contributed by atoms with E-state index in [1.54, 1.807) is 0 Å². The van der Waals surface area contributed by atoms with Crippen LogP contribution >= 0.6 is 0 Å². The van der Waals surface area contributed by atoms with Gasteiger partial charge in [0, 0.05) is 25.7 Å². The van der Waals surface area contributed by atoms with Gasteiger partial charge in [-0.15, -0.1) is 0 Å². The van der Waals surface area contributed by atoms with Gasteiger partial charge in [-0.1, -0.05) is 24.3 Å². The predicted molar refractivity (Wildman–Crippen MR) is 135 cm³/mol. The van der Waals surface area contributed by atoms with Gasteiger partial charge < -0.3 is 26.0 Å². The third-order valence-corrected chi connectivity index (χ3v) is 6.19. The van der Waals surface area contributed by atoms with Crippen LogP contribution in [0.1, 0.15) is 51.2 Å². The van der Waals surface area contributed by atoms with E-state index in [9.17, 15) is 14.4 Å². The first-order chi connectivity index (χ1) is 16.7. The molecule has 35 heavy (non-hydrogen) atoms. The molecule has 0 unspecified atom stereocenters. The van der Waals surface area contributed by atoms with Gasteiger partial charge in [-0.3, -0.25) is 14.5 Å². The van der Waals surface area contributed by atoms with E-state index in [1.165, 1.54) is 11.1 Å². The molecule has 1 aliphatic carbocycles. The number of nitrogens with zero attached hydrogens (tertiary/aromatic N) is 1. The maximum Gasteiger partial charge on any atom is 0.407 e. The summed E-state index contributed by atoms with van der Waals surface area (Å²) >= 11 is 0. The molecular weight excluding hydrogens is 446 g/mol. The number of hydrogen-bond acceptors (Lipinski definition) is 6. The summed E-state index contributed by atoms with van der Waals surface area (Å²) in [6, 6.07) is 7.59. The smallest absolute Gasteiger partial charge is 0.407 e. The summed E-state index contributed by atoms with van der Waals surface area (Å²) in [7, 11) is 0. The third kappa shape index (κ3) is 9.49. The fourth-order valence-electron chi connectivity index (χ4n) is 4.55. The molecule has 1 aromatic rings. The second kappa shape index (κ2) is 12.9. The Bertz CT molecular complexity index is 837. The van der Waals surface area contributed by atoms with E-state index in [4.69, 9.17) is 4.74 Å². The summed E-state index contributed by atoms with van der Waals surface area (Å²) in [5.41, 5.74) is 1.95. The van der Waals surface area contributed by atoms with Gasteiger partial charge in [-0.2, -0.15) is 0 Å². The number of benzene rings is 1. The molecule has 194 valence electrons. The molecule has 3 rings (SSSR count). The number of ether oxygens (including phenoxy) is 1. The molecule has 1 atom stereocenters. The van der Waals surface area contributed by atoms with E-state index >= 15 is 0 Å². The maximum atomic E-state index is 13.2. The standard InChI is InChI=1S/C26H41N5O4/c1-26(2,3)35-25(34)28-12-6-10-22(30-23(32)18-31-14-7-11-27-13-15-31)24(33)29-21-16-19-8-4-5-9-20(19)17-21/h4-5,8-9,21-22,27H,6-7,10-18H2,1-3H3,(H,28,34)(H,29,33)(H,30,32)/t22-/m1/s1. The molecule has 9 nitrogen and oxygen atoms in total. The Morgan fingerprint density at radius 2 is 1.83 bits per heavy atom. The first kappa shape index (κ1) is 26.9. The van der Waals surface area contributed by atoms with Gasteiger partial charge in [0.05, 0.1) is 6.54 Å². The number of hydrogen-bond donors (Lipinski definition) is 4. The fourth-order valence-corrected chi connectivity index (χ4v) is 4.55. The minimum atomic E-state index is -0.656. The lowest BCUT2D eigenvalue weighted by molar-refractivity contribution is -0.130. The highest BCUT2D eigenvalue weighted by molar-refractivity contribution is 5.88. The van der Waals surface area contributed by atoms with Gasteiger partial charge >= 0.3 is 6.09 Å². The van der Waals surface area contributed by atoms with Gasteiger partial charge in [-0.25, -0.2) is 4.79 Å². The quantitative estimate of drug-likeness (QED) is 0.392. The number of nitrogens with one attached hydrogen (secondary N) is 4.